The molecule has 0 fully saturated rings. The van der Waals surface area contributed by atoms with Crippen LogP contribution in [0.3, 0.4) is 0 Å². The second kappa shape index (κ2) is 10.6. The van der Waals surface area contributed by atoms with Gasteiger partial charge in [0.15, 0.2) is 0 Å². The van der Waals surface area contributed by atoms with Crippen molar-refractivity contribution in [1.82, 2.24) is 0 Å². The highest BCUT2D eigenvalue weighted by molar-refractivity contribution is 5.83. The third kappa shape index (κ3) is 8.09. The van der Waals surface area contributed by atoms with Crippen LogP contribution in [0.1, 0.15) is 71.6 Å². The largest absolute Gasteiger partial charge is 0.411 e. The lowest BCUT2D eigenvalue weighted by atomic mass is 10.0. The minimum atomic E-state index is 0.983. The fourth-order valence-corrected chi connectivity index (χ4v) is 1.56. The zero-order chi connectivity index (χ0) is 10.6. The first kappa shape index (κ1) is 13.5. The van der Waals surface area contributed by atoms with Gasteiger partial charge in [-0.05, 0) is 25.7 Å². The lowest BCUT2D eigenvalue weighted by Crippen LogP contribution is -1.98. The highest BCUT2D eigenvalue weighted by Gasteiger charge is 1.99. The van der Waals surface area contributed by atoms with Crippen molar-refractivity contribution in [3.8, 4) is 0 Å². The van der Waals surface area contributed by atoms with Crippen LogP contribution in [0.2, 0.25) is 0 Å². The minimum absolute atomic E-state index is 0.983. The first-order valence-electron chi connectivity index (χ1n) is 6.04. The smallest absolute Gasteiger partial charge is 0.0570 e. The van der Waals surface area contributed by atoms with Crippen LogP contribution in [0.5, 0.6) is 0 Å². The zero-order valence-electron chi connectivity index (χ0n) is 9.76. The molecule has 84 valence electrons. The molecular formula is C12H25NO. The summed E-state index contributed by atoms with van der Waals surface area (Å²) in [6, 6.07) is 0. The second-order valence-electron chi connectivity index (χ2n) is 3.93. The molecule has 0 aliphatic heterocycles. The van der Waals surface area contributed by atoms with Gasteiger partial charge in [-0.2, -0.15) is 0 Å². The number of nitrogens with zero attached hydrogens (tertiary/aromatic N) is 1. The Labute approximate surface area is 88.4 Å². The number of unbranched alkanes of at least 4 members (excludes halogenated alkanes) is 5. The van der Waals surface area contributed by atoms with Crippen LogP contribution in [0, 0.1) is 0 Å². The van der Waals surface area contributed by atoms with Crippen molar-refractivity contribution in [1.29, 1.82) is 0 Å². The van der Waals surface area contributed by atoms with E-state index >= 15 is 0 Å². The number of oxime groups is 1. The van der Waals surface area contributed by atoms with Crippen LogP contribution in [0.4, 0.5) is 0 Å². The normalized spacial score (nSPS) is 12.0. The maximum absolute atomic E-state index is 8.77. The second-order valence-corrected chi connectivity index (χ2v) is 3.93. The van der Waals surface area contributed by atoms with E-state index in [9.17, 15) is 0 Å². The Hall–Kier alpha value is -0.530. The fourth-order valence-electron chi connectivity index (χ4n) is 1.56. The summed E-state index contributed by atoms with van der Waals surface area (Å²) in [5.74, 6) is 0. The van der Waals surface area contributed by atoms with E-state index in [1.54, 1.807) is 0 Å². The molecule has 0 saturated heterocycles. The quantitative estimate of drug-likeness (QED) is 0.254. The molecule has 0 atom stereocenters. The van der Waals surface area contributed by atoms with Gasteiger partial charge in [0.25, 0.3) is 0 Å². The van der Waals surface area contributed by atoms with Gasteiger partial charge in [-0.3, -0.25) is 0 Å². The number of hydrogen-bond acceptors (Lipinski definition) is 2. The third-order valence-electron chi connectivity index (χ3n) is 2.53. The van der Waals surface area contributed by atoms with Crippen molar-refractivity contribution in [2.75, 3.05) is 0 Å². The zero-order valence-corrected chi connectivity index (χ0v) is 9.76. The van der Waals surface area contributed by atoms with Gasteiger partial charge in [-0.25, -0.2) is 0 Å². The molecule has 0 amide bonds. The van der Waals surface area contributed by atoms with Gasteiger partial charge < -0.3 is 5.21 Å². The first-order chi connectivity index (χ1) is 6.85. The molecule has 0 spiro atoms. The van der Waals surface area contributed by atoms with Gasteiger partial charge in [0.05, 0.1) is 5.71 Å². The molecule has 0 aromatic rings. The summed E-state index contributed by atoms with van der Waals surface area (Å²) in [6.07, 6.45) is 10.6. The highest BCUT2D eigenvalue weighted by Crippen LogP contribution is 2.08. The van der Waals surface area contributed by atoms with E-state index in [-0.39, 0.29) is 0 Å². The van der Waals surface area contributed by atoms with Crippen LogP contribution in [-0.2, 0) is 0 Å². The molecule has 0 heterocycles. The van der Waals surface area contributed by atoms with Gasteiger partial charge in [0, 0.05) is 0 Å². The van der Waals surface area contributed by atoms with Gasteiger partial charge in [0.2, 0.25) is 0 Å². The molecule has 0 radical (unpaired) electrons. The van der Waals surface area contributed by atoms with Gasteiger partial charge in [0.1, 0.15) is 0 Å². The molecule has 1 N–H and O–H groups in total. The molecule has 2 heteroatoms. The first-order valence-corrected chi connectivity index (χ1v) is 6.04. The lowest BCUT2D eigenvalue weighted by molar-refractivity contribution is 0.315. The summed E-state index contributed by atoms with van der Waals surface area (Å²) < 4.78 is 0. The maximum Gasteiger partial charge on any atom is 0.0570 e. The summed E-state index contributed by atoms with van der Waals surface area (Å²) >= 11 is 0. The summed E-state index contributed by atoms with van der Waals surface area (Å²) in [5.41, 5.74) is 0.995. The number of rotatable bonds is 9. The van der Waals surface area contributed by atoms with Crippen LogP contribution in [-0.4, -0.2) is 10.9 Å². The van der Waals surface area contributed by atoms with Gasteiger partial charge in [-0.15, -0.1) is 0 Å². The Morgan fingerprint density at radius 2 is 1.36 bits per heavy atom. The average Bonchev–Trinajstić information content (AvgIpc) is 2.22. The summed E-state index contributed by atoms with van der Waals surface area (Å²) in [6.45, 7) is 4.40. The van der Waals surface area contributed by atoms with E-state index < -0.39 is 0 Å². The molecule has 0 unspecified atom stereocenters. The van der Waals surface area contributed by atoms with E-state index in [2.05, 4.69) is 19.0 Å². The molecule has 0 aliphatic carbocycles. The number of hydrogen-bond donors (Lipinski definition) is 1. The Morgan fingerprint density at radius 3 is 1.86 bits per heavy atom. The molecule has 0 aromatic carbocycles. The van der Waals surface area contributed by atoms with Crippen LogP contribution in [0.15, 0.2) is 5.16 Å². The standard InChI is InChI=1S/C12H25NO/c1-3-5-7-9-11-12(13-14)10-8-6-4-2/h14H,3-11H2,1-2H3. The summed E-state index contributed by atoms with van der Waals surface area (Å²) in [5, 5.41) is 12.1. The summed E-state index contributed by atoms with van der Waals surface area (Å²) in [7, 11) is 0. The Bertz CT molecular complexity index is 143. The van der Waals surface area contributed by atoms with Crippen LogP contribution >= 0.6 is 0 Å². The molecular weight excluding hydrogens is 174 g/mol. The van der Waals surface area contributed by atoms with Crippen molar-refractivity contribution < 1.29 is 5.21 Å². The molecule has 0 aromatic heterocycles. The molecule has 0 saturated carbocycles. The Morgan fingerprint density at radius 1 is 0.857 bits per heavy atom. The maximum atomic E-state index is 8.77. The molecule has 2 nitrogen and oxygen atoms in total. The van der Waals surface area contributed by atoms with Gasteiger partial charge in [-0.1, -0.05) is 51.1 Å². The fraction of sp³-hybridized carbons (Fsp3) is 0.917. The van der Waals surface area contributed by atoms with Crippen LogP contribution in [0.25, 0.3) is 0 Å². The SMILES string of the molecule is CCCCCCC(CCCCC)=NO. The highest BCUT2D eigenvalue weighted by atomic mass is 16.4. The average molecular weight is 199 g/mol. The van der Waals surface area contributed by atoms with Crippen molar-refractivity contribution in [3.63, 3.8) is 0 Å². The van der Waals surface area contributed by atoms with Crippen LogP contribution < -0.4 is 0 Å². The van der Waals surface area contributed by atoms with Crippen molar-refractivity contribution in [2.24, 2.45) is 5.16 Å². The van der Waals surface area contributed by atoms with E-state index in [4.69, 9.17) is 5.21 Å². The molecule has 0 rings (SSSR count). The van der Waals surface area contributed by atoms with E-state index in [0.717, 1.165) is 18.6 Å². The molecule has 14 heavy (non-hydrogen) atoms. The predicted octanol–water partition coefficient (Wildman–Crippen LogP) is 4.37. The Balaban J connectivity index is 3.39. The van der Waals surface area contributed by atoms with E-state index in [1.807, 2.05) is 0 Å². The van der Waals surface area contributed by atoms with E-state index in [1.165, 1.54) is 44.9 Å². The Kier molecular flexibility index (Phi) is 10.2. The summed E-state index contributed by atoms with van der Waals surface area (Å²) in [4.78, 5) is 0. The van der Waals surface area contributed by atoms with Crippen molar-refractivity contribution in [2.45, 2.75) is 71.6 Å². The lowest BCUT2D eigenvalue weighted by Gasteiger charge is -2.03. The van der Waals surface area contributed by atoms with Crippen molar-refractivity contribution >= 4 is 5.71 Å². The monoisotopic (exact) mass is 199 g/mol. The predicted molar refractivity (Wildman–Crippen MR) is 62.1 cm³/mol. The van der Waals surface area contributed by atoms with E-state index in [0.29, 0.717) is 0 Å². The molecule has 0 aliphatic rings. The van der Waals surface area contributed by atoms with Crippen molar-refractivity contribution in [3.05, 3.63) is 0 Å². The molecule has 0 bridgehead atoms. The minimum Gasteiger partial charge on any atom is -0.411 e. The van der Waals surface area contributed by atoms with Gasteiger partial charge >= 0.3 is 0 Å². The third-order valence-corrected chi connectivity index (χ3v) is 2.53. The topological polar surface area (TPSA) is 32.6 Å².